The molecule has 1 aromatic carbocycles. The zero-order valence-corrected chi connectivity index (χ0v) is 15.5. The zero-order valence-electron chi connectivity index (χ0n) is 15.5. The van der Waals surface area contributed by atoms with Gasteiger partial charge in [-0.3, -0.25) is 9.48 Å². The summed E-state index contributed by atoms with van der Waals surface area (Å²) >= 11 is 0. The van der Waals surface area contributed by atoms with Crippen LogP contribution in [0.4, 0.5) is 4.39 Å². The smallest absolute Gasteiger partial charge is 0.269 e. The van der Waals surface area contributed by atoms with Gasteiger partial charge >= 0.3 is 0 Å². The molecule has 0 saturated heterocycles. The van der Waals surface area contributed by atoms with Crippen LogP contribution in [0.25, 0.3) is 5.70 Å². The number of methoxy groups -OCH3 is 1. The molecule has 0 bridgehead atoms. The van der Waals surface area contributed by atoms with Gasteiger partial charge in [0.25, 0.3) is 5.91 Å². The normalized spacial score (nSPS) is 14.2. The van der Waals surface area contributed by atoms with E-state index < -0.39 is 5.82 Å². The van der Waals surface area contributed by atoms with E-state index in [1.54, 1.807) is 29.0 Å². The van der Waals surface area contributed by atoms with Gasteiger partial charge in [-0.2, -0.15) is 5.10 Å². The minimum absolute atomic E-state index is 0.171. The van der Waals surface area contributed by atoms with E-state index in [1.807, 2.05) is 13.8 Å². The fourth-order valence-corrected chi connectivity index (χ4v) is 2.91. The molecular formula is C20H21FN4O2. The summed E-state index contributed by atoms with van der Waals surface area (Å²) in [5.41, 5.74) is 2.85. The number of hydrogen-bond acceptors (Lipinski definition) is 4. The van der Waals surface area contributed by atoms with E-state index >= 15 is 0 Å². The number of aliphatic imine (C=N–C) groups is 1. The maximum absolute atomic E-state index is 14.4. The van der Waals surface area contributed by atoms with Gasteiger partial charge in [-0.25, -0.2) is 9.38 Å². The van der Waals surface area contributed by atoms with Crippen LogP contribution in [0.15, 0.2) is 41.9 Å². The summed E-state index contributed by atoms with van der Waals surface area (Å²) < 4.78 is 21.2. The molecule has 3 rings (SSSR count). The molecule has 0 radical (unpaired) electrons. The van der Waals surface area contributed by atoms with Crippen LogP contribution >= 0.6 is 0 Å². The quantitative estimate of drug-likeness (QED) is 0.825. The average Bonchev–Trinajstić information content (AvgIpc) is 3.08. The van der Waals surface area contributed by atoms with Crippen LogP contribution in [-0.4, -0.2) is 35.1 Å². The highest BCUT2D eigenvalue weighted by Gasteiger charge is 2.21. The zero-order chi connectivity index (χ0) is 19.6. The molecule has 1 amide bonds. The van der Waals surface area contributed by atoms with Crippen molar-refractivity contribution in [2.45, 2.75) is 20.4 Å². The Hall–Kier alpha value is -3.22. The summed E-state index contributed by atoms with van der Waals surface area (Å²) in [5.74, 6) is -0.167. The van der Waals surface area contributed by atoms with Crippen LogP contribution < -0.4 is 10.1 Å². The molecule has 1 aliphatic heterocycles. The van der Waals surface area contributed by atoms with Crippen molar-refractivity contribution in [1.82, 2.24) is 15.1 Å². The largest absolute Gasteiger partial charge is 0.496 e. The lowest BCUT2D eigenvalue weighted by molar-refractivity contribution is 0.0924. The molecule has 1 aliphatic rings. The SMILES string of the molecule is C=C(N=C(/C=C\C)c1cc2n(n1)CCNC2=O)c1cc(C)c(OC)cc1F. The molecule has 0 atom stereocenters. The molecule has 2 heterocycles. The van der Waals surface area contributed by atoms with Crippen molar-refractivity contribution >= 4 is 17.3 Å². The number of aryl methyl sites for hydroxylation is 1. The van der Waals surface area contributed by atoms with Crippen molar-refractivity contribution < 1.29 is 13.9 Å². The first kappa shape index (κ1) is 18.6. The van der Waals surface area contributed by atoms with Crippen LogP contribution in [0, 0.1) is 12.7 Å². The van der Waals surface area contributed by atoms with E-state index in [1.165, 1.54) is 13.2 Å². The molecule has 140 valence electrons. The molecule has 1 N–H and O–H groups in total. The maximum atomic E-state index is 14.4. The van der Waals surface area contributed by atoms with E-state index in [0.29, 0.717) is 35.9 Å². The Bertz CT molecular complexity index is 973. The van der Waals surface area contributed by atoms with Gasteiger partial charge in [-0.1, -0.05) is 12.7 Å². The molecule has 2 aromatic rings. The second-order valence-electron chi connectivity index (χ2n) is 6.14. The highest BCUT2D eigenvalue weighted by atomic mass is 19.1. The number of carbonyl (C=O) groups is 1. The number of carbonyl (C=O) groups excluding carboxylic acids is 1. The Morgan fingerprint density at radius 3 is 2.89 bits per heavy atom. The topological polar surface area (TPSA) is 68.5 Å². The minimum Gasteiger partial charge on any atom is -0.496 e. The number of fused-ring (bicyclic) bond motifs is 1. The van der Waals surface area contributed by atoms with Gasteiger partial charge in [0.15, 0.2) is 0 Å². The number of halogens is 1. The van der Waals surface area contributed by atoms with E-state index in [9.17, 15) is 9.18 Å². The van der Waals surface area contributed by atoms with Gasteiger partial charge in [0.1, 0.15) is 23.0 Å². The molecule has 0 aliphatic carbocycles. The number of nitrogens with zero attached hydrogens (tertiary/aromatic N) is 3. The highest BCUT2D eigenvalue weighted by Crippen LogP contribution is 2.27. The van der Waals surface area contributed by atoms with Crippen molar-refractivity contribution in [2.24, 2.45) is 4.99 Å². The number of amides is 1. The fourth-order valence-electron chi connectivity index (χ4n) is 2.91. The lowest BCUT2D eigenvalue weighted by Crippen LogP contribution is -2.35. The summed E-state index contributed by atoms with van der Waals surface area (Å²) in [7, 11) is 1.50. The second-order valence-corrected chi connectivity index (χ2v) is 6.14. The molecule has 27 heavy (non-hydrogen) atoms. The Morgan fingerprint density at radius 1 is 1.44 bits per heavy atom. The number of allylic oxidation sites excluding steroid dienone is 2. The summed E-state index contributed by atoms with van der Waals surface area (Å²) in [5, 5.41) is 7.23. The van der Waals surface area contributed by atoms with Crippen molar-refractivity contribution in [1.29, 1.82) is 0 Å². The summed E-state index contributed by atoms with van der Waals surface area (Å²) in [6, 6.07) is 4.65. The van der Waals surface area contributed by atoms with Crippen LogP contribution in [0.5, 0.6) is 5.75 Å². The second kappa shape index (κ2) is 7.57. The predicted octanol–water partition coefficient (Wildman–Crippen LogP) is 3.12. The Morgan fingerprint density at radius 2 is 2.22 bits per heavy atom. The van der Waals surface area contributed by atoms with Gasteiger partial charge in [-0.15, -0.1) is 0 Å². The number of aromatic nitrogens is 2. The lowest BCUT2D eigenvalue weighted by atomic mass is 10.1. The number of rotatable bonds is 5. The van der Waals surface area contributed by atoms with Crippen molar-refractivity contribution in [3.05, 3.63) is 65.3 Å². The number of hydrogen-bond donors (Lipinski definition) is 1. The van der Waals surface area contributed by atoms with Gasteiger partial charge in [0.05, 0.1) is 25.1 Å². The molecule has 7 heteroatoms. The molecule has 0 saturated carbocycles. The summed E-state index contributed by atoms with van der Waals surface area (Å²) in [6.45, 7) is 8.71. The minimum atomic E-state index is -0.463. The van der Waals surface area contributed by atoms with Crippen LogP contribution in [-0.2, 0) is 6.54 Å². The van der Waals surface area contributed by atoms with Crippen molar-refractivity contribution in [3.8, 4) is 5.75 Å². The van der Waals surface area contributed by atoms with Crippen LogP contribution in [0.1, 0.15) is 34.2 Å². The fraction of sp³-hybridized carbons (Fsp3) is 0.250. The standard InChI is InChI=1S/C20H21FN4O2/c1-5-6-16(17-11-18-20(26)22-7-8-25(18)24-17)23-13(3)14-9-12(2)19(27-4)10-15(14)21/h5-6,9-11H,3,7-8H2,1-2,4H3,(H,22,26)/b6-5-,23-16?. The van der Waals surface area contributed by atoms with Crippen molar-refractivity contribution in [3.63, 3.8) is 0 Å². The van der Waals surface area contributed by atoms with Gasteiger partial charge in [0, 0.05) is 18.2 Å². The molecular weight excluding hydrogens is 347 g/mol. The Kier molecular flexibility index (Phi) is 5.21. The van der Waals surface area contributed by atoms with E-state index in [-0.39, 0.29) is 17.2 Å². The summed E-state index contributed by atoms with van der Waals surface area (Å²) in [6.07, 6.45) is 3.56. The monoisotopic (exact) mass is 368 g/mol. The average molecular weight is 368 g/mol. The Labute approximate surface area is 157 Å². The molecule has 1 aromatic heterocycles. The maximum Gasteiger partial charge on any atom is 0.269 e. The third-order valence-electron chi connectivity index (χ3n) is 4.26. The molecule has 0 fully saturated rings. The predicted molar refractivity (Wildman–Crippen MR) is 103 cm³/mol. The van der Waals surface area contributed by atoms with Crippen LogP contribution in [0.2, 0.25) is 0 Å². The number of ether oxygens (including phenoxy) is 1. The highest BCUT2D eigenvalue weighted by molar-refractivity contribution is 6.10. The molecule has 6 nitrogen and oxygen atoms in total. The van der Waals surface area contributed by atoms with Crippen LogP contribution in [0.3, 0.4) is 0 Å². The van der Waals surface area contributed by atoms with Gasteiger partial charge in [0.2, 0.25) is 0 Å². The third-order valence-corrected chi connectivity index (χ3v) is 4.26. The lowest BCUT2D eigenvalue weighted by Gasteiger charge is -2.13. The first-order chi connectivity index (χ1) is 12.9. The molecule has 0 spiro atoms. The Balaban J connectivity index is 2.01. The number of nitrogens with one attached hydrogen (secondary N) is 1. The first-order valence-corrected chi connectivity index (χ1v) is 8.55. The van der Waals surface area contributed by atoms with E-state index in [4.69, 9.17) is 4.74 Å². The van der Waals surface area contributed by atoms with E-state index in [2.05, 4.69) is 22.0 Å². The summed E-state index contributed by atoms with van der Waals surface area (Å²) in [4.78, 5) is 16.4. The first-order valence-electron chi connectivity index (χ1n) is 8.55. The van der Waals surface area contributed by atoms with Gasteiger partial charge in [-0.05, 0) is 37.6 Å². The van der Waals surface area contributed by atoms with Gasteiger partial charge < -0.3 is 10.1 Å². The molecule has 0 unspecified atom stereocenters. The number of benzene rings is 1. The third kappa shape index (κ3) is 3.67. The van der Waals surface area contributed by atoms with Crippen molar-refractivity contribution in [2.75, 3.05) is 13.7 Å². The van der Waals surface area contributed by atoms with E-state index in [0.717, 1.165) is 5.56 Å².